The molecular weight excluding hydrogens is 340 g/mol. The summed E-state index contributed by atoms with van der Waals surface area (Å²) in [5.74, 6) is 0.144. The molecule has 136 valence electrons. The molecule has 2 rings (SSSR count). The van der Waals surface area contributed by atoms with Crippen molar-refractivity contribution in [1.29, 1.82) is 0 Å². The van der Waals surface area contributed by atoms with Gasteiger partial charge in [-0.3, -0.25) is 19.7 Å². The summed E-state index contributed by atoms with van der Waals surface area (Å²) in [4.78, 5) is 33.9. The molecule has 0 fully saturated rings. The number of carbonyl (C=O) groups is 2. The topological polar surface area (TPSA) is 108 Å². The van der Waals surface area contributed by atoms with Crippen LogP contribution in [0, 0.1) is 10.1 Å². The van der Waals surface area contributed by atoms with Crippen molar-refractivity contribution < 1.29 is 24.0 Å². The maximum absolute atomic E-state index is 12.3. The van der Waals surface area contributed by atoms with E-state index >= 15 is 0 Å². The minimum Gasteiger partial charge on any atom is -0.495 e. The highest BCUT2D eigenvalue weighted by Crippen LogP contribution is 2.29. The van der Waals surface area contributed by atoms with Crippen molar-refractivity contribution in [3.05, 3.63) is 58.1 Å². The fourth-order valence-corrected chi connectivity index (χ4v) is 2.17. The number of nitro benzene ring substituents is 1. The number of ether oxygens (including phenoxy) is 2. The largest absolute Gasteiger partial charge is 0.495 e. The van der Waals surface area contributed by atoms with E-state index in [1.54, 1.807) is 24.3 Å². The Labute approximate surface area is 149 Å². The second kappa shape index (κ2) is 8.11. The Bertz CT molecular complexity index is 832. The van der Waals surface area contributed by atoms with Gasteiger partial charge in [-0.25, -0.2) is 0 Å². The zero-order valence-corrected chi connectivity index (χ0v) is 14.5. The number of nitrogens with zero attached hydrogens (tertiary/aromatic N) is 1. The lowest BCUT2D eigenvalue weighted by Gasteiger charge is -2.16. The molecule has 0 aliphatic heterocycles. The SMILES string of the molecule is COc1ccc([N+](=O)[O-])cc1NC(=O)[C@@H](C)Oc1ccc(C(C)=O)cc1. The number of nitrogens with one attached hydrogen (secondary N) is 1. The number of nitro groups is 1. The highest BCUT2D eigenvalue weighted by molar-refractivity contribution is 5.96. The van der Waals surface area contributed by atoms with E-state index in [-0.39, 0.29) is 17.2 Å². The van der Waals surface area contributed by atoms with Crippen molar-refractivity contribution in [2.45, 2.75) is 20.0 Å². The minimum absolute atomic E-state index is 0.0693. The number of ketones is 1. The van der Waals surface area contributed by atoms with Crippen LogP contribution in [0.25, 0.3) is 0 Å². The van der Waals surface area contributed by atoms with Crippen LogP contribution in [0.3, 0.4) is 0 Å². The maximum atomic E-state index is 12.3. The summed E-state index contributed by atoms with van der Waals surface area (Å²) in [6, 6.07) is 10.3. The van der Waals surface area contributed by atoms with Crippen LogP contribution in [-0.2, 0) is 4.79 Å². The number of methoxy groups -OCH3 is 1. The molecule has 0 bridgehead atoms. The summed E-state index contributed by atoms with van der Waals surface area (Å²) in [5.41, 5.74) is 0.541. The van der Waals surface area contributed by atoms with Crippen molar-refractivity contribution in [2.24, 2.45) is 0 Å². The molecule has 0 heterocycles. The van der Waals surface area contributed by atoms with Gasteiger partial charge in [0.1, 0.15) is 11.5 Å². The van der Waals surface area contributed by atoms with E-state index in [0.717, 1.165) is 0 Å². The summed E-state index contributed by atoms with van der Waals surface area (Å²) in [6.07, 6.45) is -0.873. The standard InChI is InChI=1S/C18H18N2O6/c1-11(21)13-4-7-15(8-5-13)26-12(2)18(22)19-16-10-14(20(23)24)6-9-17(16)25-3/h4-10,12H,1-3H3,(H,19,22)/t12-/m1/s1. The van der Waals surface area contributed by atoms with E-state index in [1.807, 2.05) is 0 Å². The lowest BCUT2D eigenvalue weighted by atomic mass is 10.1. The highest BCUT2D eigenvalue weighted by atomic mass is 16.6. The Morgan fingerprint density at radius 3 is 2.35 bits per heavy atom. The number of non-ortho nitro benzene ring substituents is 1. The number of benzene rings is 2. The minimum atomic E-state index is -0.873. The fraction of sp³-hybridized carbons (Fsp3) is 0.222. The first-order valence-corrected chi connectivity index (χ1v) is 7.72. The molecule has 8 nitrogen and oxygen atoms in total. The third-order valence-corrected chi connectivity index (χ3v) is 3.59. The molecule has 0 radical (unpaired) electrons. The number of rotatable bonds is 7. The van der Waals surface area contributed by atoms with Gasteiger partial charge in [0.2, 0.25) is 0 Å². The Kier molecular flexibility index (Phi) is 5.90. The summed E-state index contributed by atoms with van der Waals surface area (Å²) in [5, 5.41) is 13.5. The monoisotopic (exact) mass is 358 g/mol. The van der Waals surface area contributed by atoms with Crippen LogP contribution < -0.4 is 14.8 Å². The third-order valence-electron chi connectivity index (χ3n) is 3.59. The summed E-state index contributed by atoms with van der Waals surface area (Å²) < 4.78 is 10.6. The second-order valence-corrected chi connectivity index (χ2v) is 5.47. The number of amides is 1. The predicted octanol–water partition coefficient (Wildman–Crippen LogP) is 3.21. The van der Waals surface area contributed by atoms with Crippen molar-refractivity contribution >= 4 is 23.1 Å². The number of Topliss-reactive ketones (excluding diaryl/α,β-unsaturated/α-hetero) is 1. The van der Waals surface area contributed by atoms with Gasteiger partial charge in [-0.15, -0.1) is 0 Å². The molecule has 0 aliphatic carbocycles. The first kappa shape index (κ1) is 18.9. The Balaban J connectivity index is 2.10. The van der Waals surface area contributed by atoms with Gasteiger partial charge in [-0.2, -0.15) is 0 Å². The van der Waals surface area contributed by atoms with E-state index < -0.39 is 16.9 Å². The third kappa shape index (κ3) is 4.56. The summed E-state index contributed by atoms with van der Waals surface area (Å²) in [6.45, 7) is 3.00. The molecular formula is C18H18N2O6. The quantitative estimate of drug-likeness (QED) is 0.462. The highest BCUT2D eigenvalue weighted by Gasteiger charge is 2.19. The Morgan fingerprint density at radius 2 is 1.81 bits per heavy atom. The van der Waals surface area contributed by atoms with E-state index in [9.17, 15) is 19.7 Å². The molecule has 1 N–H and O–H groups in total. The average molecular weight is 358 g/mol. The van der Waals surface area contributed by atoms with E-state index in [1.165, 1.54) is 39.2 Å². The molecule has 1 amide bonds. The molecule has 0 saturated heterocycles. The second-order valence-electron chi connectivity index (χ2n) is 5.47. The lowest BCUT2D eigenvalue weighted by molar-refractivity contribution is -0.384. The average Bonchev–Trinajstić information content (AvgIpc) is 2.61. The smallest absolute Gasteiger partial charge is 0.271 e. The van der Waals surface area contributed by atoms with Crippen molar-refractivity contribution in [3.8, 4) is 11.5 Å². The van der Waals surface area contributed by atoms with Crippen molar-refractivity contribution in [1.82, 2.24) is 0 Å². The zero-order chi connectivity index (χ0) is 19.3. The van der Waals surface area contributed by atoms with Crippen LogP contribution in [-0.4, -0.2) is 29.8 Å². The van der Waals surface area contributed by atoms with Gasteiger partial charge >= 0.3 is 0 Å². The van der Waals surface area contributed by atoms with Crippen molar-refractivity contribution in [3.63, 3.8) is 0 Å². The van der Waals surface area contributed by atoms with Gasteiger partial charge in [-0.05, 0) is 44.2 Å². The summed E-state index contributed by atoms with van der Waals surface area (Å²) in [7, 11) is 1.40. The fourth-order valence-electron chi connectivity index (χ4n) is 2.17. The predicted molar refractivity (Wildman–Crippen MR) is 94.8 cm³/mol. The number of anilines is 1. The van der Waals surface area contributed by atoms with Crippen LogP contribution >= 0.6 is 0 Å². The van der Waals surface area contributed by atoms with E-state index in [2.05, 4.69) is 5.32 Å². The molecule has 0 unspecified atom stereocenters. The van der Waals surface area contributed by atoms with Gasteiger partial charge in [-0.1, -0.05) is 0 Å². The zero-order valence-electron chi connectivity index (χ0n) is 14.5. The van der Waals surface area contributed by atoms with Crippen LogP contribution in [0.4, 0.5) is 11.4 Å². The number of carbonyl (C=O) groups excluding carboxylic acids is 2. The number of hydrogen-bond acceptors (Lipinski definition) is 6. The molecule has 0 saturated carbocycles. The molecule has 2 aromatic rings. The van der Waals surface area contributed by atoms with Crippen LogP contribution in [0.2, 0.25) is 0 Å². The normalized spacial score (nSPS) is 11.3. The van der Waals surface area contributed by atoms with Gasteiger partial charge in [0.15, 0.2) is 11.9 Å². The molecule has 0 aliphatic rings. The van der Waals surface area contributed by atoms with Gasteiger partial charge in [0.25, 0.3) is 11.6 Å². The van der Waals surface area contributed by atoms with Crippen LogP contribution in [0.15, 0.2) is 42.5 Å². The van der Waals surface area contributed by atoms with E-state index in [0.29, 0.717) is 17.1 Å². The van der Waals surface area contributed by atoms with Gasteiger partial charge < -0.3 is 14.8 Å². The molecule has 0 spiro atoms. The van der Waals surface area contributed by atoms with Gasteiger partial charge in [0, 0.05) is 17.7 Å². The first-order valence-electron chi connectivity index (χ1n) is 7.72. The Hall–Kier alpha value is -3.42. The van der Waals surface area contributed by atoms with Crippen LogP contribution in [0.5, 0.6) is 11.5 Å². The molecule has 0 aromatic heterocycles. The molecule has 26 heavy (non-hydrogen) atoms. The van der Waals surface area contributed by atoms with Gasteiger partial charge in [0.05, 0.1) is 17.7 Å². The lowest BCUT2D eigenvalue weighted by Crippen LogP contribution is -2.30. The molecule has 8 heteroatoms. The first-order chi connectivity index (χ1) is 12.3. The van der Waals surface area contributed by atoms with Crippen molar-refractivity contribution in [2.75, 3.05) is 12.4 Å². The number of hydrogen-bond donors (Lipinski definition) is 1. The summed E-state index contributed by atoms with van der Waals surface area (Å²) >= 11 is 0. The molecule has 2 aromatic carbocycles. The van der Waals surface area contributed by atoms with E-state index in [4.69, 9.17) is 9.47 Å². The maximum Gasteiger partial charge on any atom is 0.271 e. The molecule has 1 atom stereocenters. The Morgan fingerprint density at radius 1 is 1.15 bits per heavy atom. The van der Waals surface area contributed by atoms with Crippen LogP contribution in [0.1, 0.15) is 24.2 Å².